The number of anilines is 1. The summed E-state index contributed by atoms with van der Waals surface area (Å²) >= 11 is 0. The maximum atomic E-state index is 12.7. The lowest BCUT2D eigenvalue weighted by Gasteiger charge is -2.24. The highest BCUT2D eigenvalue weighted by Crippen LogP contribution is 2.50. The molecule has 2 fully saturated rings. The summed E-state index contributed by atoms with van der Waals surface area (Å²) in [6.45, 7) is 2.90. The lowest BCUT2D eigenvalue weighted by Crippen LogP contribution is -2.40. The number of aliphatic hydroxyl groups is 1. The van der Waals surface area contributed by atoms with E-state index in [1.54, 1.807) is 6.92 Å². The number of carbonyl (C=O) groups excluding carboxylic acids is 1. The van der Waals surface area contributed by atoms with Crippen molar-refractivity contribution in [2.45, 2.75) is 37.2 Å². The van der Waals surface area contributed by atoms with Gasteiger partial charge in [0.2, 0.25) is 5.91 Å². The predicted octanol–water partition coefficient (Wildman–Crippen LogP) is 1.28. The van der Waals surface area contributed by atoms with Gasteiger partial charge in [-0.25, -0.2) is 0 Å². The first-order valence-electron chi connectivity index (χ1n) is 6.81. The molecule has 1 aliphatic heterocycles. The van der Waals surface area contributed by atoms with Gasteiger partial charge in [-0.05, 0) is 43.9 Å². The largest absolute Gasteiger partial charge is 0.399 e. The second-order valence-electron chi connectivity index (χ2n) is 6.18. The molecule has 0 aromatic heterocycles. The number of nitrogen functional groups attached to an aromatic ring is 1. The maximum Gasteiger partial charge on any atom is 0.233 e. The Morgan fingerprint density at radius 1 is 1.26 bits per heavy atom. The Morgan fingerprint density at radius 2 is 1.89 bits per heavy atom. The Labute approximate surface area is 113 Å². The van der Waals surface area contributed by atoms with Crippen LogP contribution in [-0.4, -0.2) is 34.6 Å². The molecule has 19 heavy (non-hydrogen) atoms. The van der Waals surface area contributed by atoms with Gasteiger partial charge in [0.25, 0.3) is 0 Å². The molecule has 1 aromatic carbocycles. The van der Waals surface area contributed by atoms with Crippen LogP contribution in [0.5, 0.6) is 0 Å². The smallest absolute Gasteiger partial charge is 0.233 e. The fourth-order valence-electron chi connectivity index (χ4n) is 2.97. The molecule has 1 heterocycles. The van der Waals surface area contributed by atoms with Crippen molar-refractivity contribution >= 4 is 11.6 Å². The summed E-state index contributed by atoms with van der Waals surface area (Å²) in [5.41, 5.74) is 6.39. The summed E-state index contributed by atoms with van der Waals surface area (Å²) in [4.78, 5) is 14.5. The van der Waals surface area contributed by atoms with Gasteiger partial charge in [-0.15, -0.1) is 0 Å². The quantitative estimate of drug-likeness (QED) is 0.787. The Hall–Kier alpha value is -1.55. The minimum absolute atomic E-state index is 0.162. The first-order chi connectivity index (χ1) is 8.93. The Balaban J connectivity index is 1.82. The van der Waals surface area contributed by atoms with Crippen molar-refractivity contribution in [1.29, 1.82) is 0 Å². The summed E-state index contributed by atoms with van der Waals surface area (Å²) in [7, 11) is 0. The molecule has 1 amide bonds. The zero-order chi connectivity index (χ0) is 13.7. The van der Waals surface area contributed by atoms with Crippen LogP contribution in [0.1, 0.15) is 31.7 Å². The van der Waals surface area contributed by atoms with Gasteiger partial charge >= 0.3 is 0 Å². The highest BCUT2D eigenvalue weighted by Gasteiger charge is 2.54. The number of nitrogens with two attached hydrogens (primary N) is 1. The van der Waals surface area contributed by atoms with Gasteiger partial charge in [0.15, 0.2) is 0 Å². The molecule has 1 unspecified atom stereocenters. The number of carbonyl (C=O) groups is 1. The first-order valence-corrected chi connectivity index (χ1v) is 6.81. The van der Waals surface area contributed by atoms with Gasteiger partial charge in [0.1, 0.15) is 0 Å². The van der Waals surface area contributed by atoms with Gasteiger partial charge in [0, 0.05) is 18.8 Å². The number of hydrogen-bond acceptors (Lipinski definition) is 3. The van der Waals surface area contributed by atoms with Crippen molar-refractivity contribution in [1.82, 2.24) is 4.90 Å². The average molecular weight is 260 g/mol. The van der Waals surface area contributed by atoms with Crippen LogP contribution in [0, 0.1) is 0 Å². The maximum absolute atomic E-state index is 12.7. The van der Waals surface area contributed by atoms with E-state index in [0.717, 1.165) is 24.1 Å². The van der Waals surface area contributed by atoms with Gasteiger partial charge in [-0.3, -0.25) is 4.79 Å². The third-order valence-electron chi connectivity index (χ3n) is 4.36. The van der Waals surface area contributed by atoms with Gasteiger partial charge in [-0.2, -0.15) is 0 Å². The predicted molar refractivity (Wildman–Crippen MR) is 73.6 cm³/mol. The second kappa shape index (κ2) is 3.97. The Kier molecular flexibility index (Phi) is 2.61. The third-order valence-corrected chi connectivity index (χ3v) is 4.36. The Morgan fingerprint density at radius 3 is 2.37 bits per heavy atom. The van der Waals surface area contributed by atoms with E-state index in [4.69, 9.17) is 5.73 Å². The van der Waals surface area contributed by atoms with Crippen molar-refractivity contribution in [3.8, 4) is 0 Å². The van der Waals surface area contributed by atoms with Crippen LogP contribution in [0.25, 0.3) is 0 Å². The molecule has 1 saturated carbocycles. The standard InChI is InChI=1S/C15H20N2O2/c1-14(19)8-9-17(10-14)13(18)15(6-7-15)11-2-4-12(16)5-3-11/h2-5,19H,6-10,16H2,1H3. The van der Waals surface area contributed by atoms with Crippen LogP contribution < -0.4 is 5.73 Å². The Bertz CT molecular complexity index is 503. The van der Waals surface area contributed by atoms with Crippen molar-refractivity contribution in [2.24, 2.45) is 0 Å². The first kappa shape index (κ1) is 12.5. The third kappa shape index (κ3) is 2.10. The highest BCUT2D eigenvalue weighted by molar-refractivity contribution is 5.91. The zero-order valence-electron chi connectivity index (χ0n) is 11.2. The molecule has 1 aromatic rings. The van der Waals surface area contributed by atoms with Crippen molar-refractivity contribution in [2.75, 3.05) is 18.8 Å². The van der Waals surface area contributed by atoms with Crippen molar-refractivity contribution in [3.05, 3.63) is 29.8 Å². The molecule has 0 bridgehead atoms. The van der Waals surface area contributed by atoms with E-state index in [0.29, 0.717) is 19.5 Å². The minimum atomic E-state index is -0.729. The molecule has 102 valence electrons. The molecule has 1 aliphatic carbocycles. The fourth-order valence-corrected chi connectivity index (χ4v) is 2.97. The van der Waals surface area contributed by atoms with Crippen LogP contribution in [-0.2, 0) is 10.2 Å². The van der Waals surface area contributed by atoms with Gasteiger partial charge < -0.3 is 15.7 Å². The second-order valence-corrected chi connectivity index (χ2v) is 6.18. The molecule has 1 atom stereocenters. The lowest BCUT2D eigenvalue weighted by molar-refractivity contribution is -0.133. The molecular weight excluding hydrogens is 240 g/mol. The molecule has 3 rings (SSSR count). The van der Waals surface area contributed by atoms with Gasteiger partial charge in [0.05, 0.1) is 11.0 Å². The van der Waals surface area contributed by atoms with E-state index in [1.165, 1.54) is 0 Å². The average Bonchev–Trinajstić information content (AvgIpc) is 3.09. The van der Waals surface area contributed by atoms with E-state index in [9.17, 15) is 9.90 Å². The van der Waals surface area contributed by atoms with Crippen molar-refractivity contribution < 1.29 is 9.90 Å². The normalized spacial score (nSPS) is 28.4. The number of hydrogen-bond donors (Lipinski definition) is 2. The monoisotopic (exact) mass is 260 g/mol. The van der Waals surface area contributed by atoms with Crippen LogP contribution in [0.4, 0.5) is 5.69 Å². The van der Waals surface area contributed by atoms with E-state index in [1.807, 2.05) is 29.2 Å². The number of benzene rings is 1. The SMILES string of the molecule is CC1(O)CCN(C(=O)C2(c3ccc(N)cc3)CC2)C1. The number of nitrogens with zero attached hydrogens (tertiary/aromatic N) is 1. The molecule has 3 N–H and O–H groups in total. The molecule has 0 spiro atoms. The lowest BCUT2D eigenvalue weighted by atomic mass is 9.94. The van der Waals surface area contributed by atoms with E-state index < -0.39 is 5.60 Å². The van der Waals surface area contributed by atoms with Crippen molar-refractivity contribution in [3.63, 3.8) is 0 Å². The molecular formula is C15H20N2O2. The summed E-state index contributed by atoms with van der Waals surface area (Å²) in [5.74, 6) is 0.162. The molecule has 4 nitrogen and oxygen atoms in total. The number of amides is 1. The number of β-amino-alcohol motifs (C(OH)–C–C–N with tert-alkyl or cyclic N) is 1. The van der Waals surface area contributed by atoms with E-state index in [2.05, 4.69) is 0 Å². The summed E-state index contributed by atoms with van der Waals surface area (Å²) in [6, 6.07) is 7.61. The number of rotatable bonds is 2. The molecule has 1 saturated heterocycles. The molecule has 0 radical (unpaired) electrons. The van der Waals surface area contributed by atoms with E-state index >= 15 is 0 Å². The van der Waals surface area contributed by atoms with Crippen LogP contribution in [0.3, 0.4) is 0 Å². The fraction of sp³-hybridized carbons (Fsp3) is 0.533. The van der Waals surface area contributed by atoms with Crippen LogP contribution >= 0.6 is 0 Å². The summed E-state index contributed by atoms with van der Waals surface area (Å²) in [6.07, 6.45) is 2.46. The highest BCUT2D eigenvalue weighted by atomic mass is 16.3. The topological polar surface area (TPSA) is 66.6 Å². The van der Waals surface area contributed by atoms with Crippen LogP contribution in [0.2, 0.25) is 0 Å². The zero-order valence-corrected chi connectivity index (χ0v) is 11.2. The van der Waals surface area contributed by atoms with E-state index in [-0.39, 0.29) is 11.3 Å². The summed E-state index contributed by atoms with van der Waals surface area (Å²) < 4.78 is 0. The summed E-state index contributed by atoms with van der Waals surface area (Å²) in [5, 5.41) is 10.00. The van der Waals surface area contributed by atoms with Gasteiger partial charge in [-0.1, -0.05) is 12.1 Å². The molecule has 2 aliphatic rings. The minimum Gasteiger partial charge on any atom is -0.399 e. The van der Waals surface area contributed by atoms with Crippen LogP contribution in [0.15, 0.2) is 24.3 Å². The number of likely N-dealkylation sites (tertiary alicyclic amines) is 1. The molecule has 4 heteroatoms.